The van der Waals surface area contributed by atoms with Gasteiger partial charge in [0.1, 0.15) is 0 Å². The molecule has 0 amide bonds. The maximum atomic E-state index is 5.90. The number of nitrogens with one attached hydrogen (secondary N) is 1. The van der Waals surface area contributed by atoms with Gasteiger partial charge in [0.25, 0.3) is 0 Å². The van der Waals surface area contributed by atoms with Crippen LogP contribution >= 0.6 is 0 Å². The lowest BCUT2D eigenvalue weighted by molar-refractivity contribution is 0.461. The van der Waals surface area contributed by atoms with Crippen molar-refractivity contribution in [1.82, 2.24) is 5.32 Å². The highest BCUT2D eigenvalue weighted by atomic mass is 14.9. The van der Waals surface area contributed by atoms with Crippen molar-refractivity contribution in [2.45, 2.75) is 31.7 Å². The lowest BCUT2D eigenvalue weighted by Crippen LogP contribution is -2.28. The molecule has 0 aromatic heterocycles. The number of rotatable bonds is 2. The van der Waals surface area contributed by atoms with E-state index in [2.05, 4.69) is 29.6 Å². The number of hydrogen-bond acceptors (Lipinski definition) is 2. The van der Waals surface area contributed by atoms with Crippen LogP contribution in [0.3, 0.4) is 0 Å². The van der Waals surface area contributed by atoms with Crippen LogP contribution in [0.1, 0.15) is 42.9 Å². The van der Waals surface area contributed by atoms with Gasteiger partial charge >= 0.3 is 0 Å². The molecule has 1 saturated heterocycles. The number of benzene rings is 1. The standard InChI is InChI=1S/C13H20N2/c1-10(14)11-4-2-5-12(8-11)13-6-3-7-15-9-13/h2,4-5,8,10,13,15H,3,6-7,9,14H2,1H3. The predicted molar refractivity (Wildman–Crippen MR) is 63.9 cm³/mol. The van der Waals surface area contributed by atoms with E-state index < -0.39 is 0 Å². The van der Waals surface area contributed by atoms with Crippen molar-refractivity contribution in [2.75, 3.05) is 13.1 Å². The number of hydrogen-bond donors (Lipinski definition) is 2. The third-order valence-corrected chi connectivity index (χ3v) is 3.20. The van der Waals surface area contributed by atoms with E-state index in [0.717, 1.165) is 6.54 Å². The Labute approximate surface area is 91.9 Å². The molecule has 1 aromatic carbocycles. The molecule has 1 aromatic rings. The molecule has 2 rings (SSSR count). The van der Waals surface area contributed by atoms with Crippen molar-refractivity contribution in [3.8, 4) is 0 Å². The molecule has 15 heavy (non-hydrogen) atoms. The van der Waals surface area contributed by atoms with Gasteiger partial charge in [-0.1, -0.05) is 24.3 Å². The van der Waals surface area contributed by atoms with Gasteiger partial charge in [0, 0.05) is 12.6 Å². The summed E-state index contributed by atoms with van der Waals surface area (Å²) in [6, 6.07) is 8.88. The Hall–Kier alpha value is -0.860. The molecule has 1 fully saturated rings. The van der Waals surface area contributed by atoms with Crippen LogP contribution in [0.4, 0.5) is 0 Å². The zero-order valence-corrected chi connectivity index (χ0v) is 9.37. The van der Waals surface area contributed by atoms with E-state index in [1.807, 2.05) is 6.92 Å². The summed E-state index contributed by atoms with van der Waals surface area (Å²) >= 11 is 0. The maximum absolute atomic E-state index is 5.90. The normalized spacial score (nSPS) is 23.7. The van der Waals surface area contributed by atoms with Crippen LogP contribution in [0.25, 0.3) is 0 Å². The maximum Gasteiger partial charge on any atom is 0.0266 e. The monoisotopic (exact) mass is 204 g/mol. The molecule has 82 valence electrons. The van der Waals surface area contributed by atoms with Gasteiger partial charge in [0.15, 0.2) is 0 Å². The van der Waals surface area contributed by atoms with Gasteiger partial charge < -0.3 is 11.1 Å². The summed E-state index contributed by atoms with van der Waals surface area (Å²) in [6.07, 6.45) is 2.59. The second-order valence-corrected chi connectivity index (χ2v) is 4.50. The second kappa shape index (κ2) is 4.77. The molecule has 1 heterocycles. The van der Waals surface area contributed by atoms with E-state index in [4.69, 9.17) is 5.73 Å². The van der Waals surface area contributed by atoms with Crippen molar-refractivity contribution < 1.29 is 0 Å². The summed E-state index contributed by atoms with van der Waals surface area (Å²) < 4.78 is 0. The smallest absolute Gasteiger partial charge is 0.0266 e. The Bertz CT molecular complexity index is 314. The summed E-state index contributed by atoms with van der Waals surface area (Å²) in [5, 5.41) is 3.45. The minimum absolute atomic E-state index is 0.140. The minimum atomic E-state index is 0.140. The first kappa shape index (κ1) is 10.7. The SMILES string of the molecule is CC(N)c1cccc(C2CCCNC2)c1. The lowest BCUT2D eigenvalue weighted by Gasteiger charge is -2.23. The van der Waals surface area contributed by atoms with Gasteiger partial charge in [-0.3, -0.25) is 0 Å². The van der Waals surface area contributed by atoms with E-state index in [1.165, 1.54) is 30.5 Å². The Balaban J connectivity index is 2.16. The first-order valence-corrected chi connectivity index (χ1v) is 5.83. The first-order chi connectivity index (χ1) is 7.27. The van der Waals surface area contributed by atoms with Crippen LogP contribution in [0.2, 0.25) is 0 Å². The Morgan fingerprint density at radius 2 is 2.33 bits per heavy atom. The average molecular weight is 204 g/mol. The summed E-state index contributed by atoms with van der Waals surface area (Å²) in [6.45, 7) is 4.32. The zero-order chi connectivity index (χ0) is 10.7. The average Bonchev–Trinajstić information content (AvgIpc) is 2.30. The summed E-state index contributed by atoms with van der Waals surface area (Å²) in [7, 11) is 0. The van der Waals surface area contributed by atoms with Gasteiger partial charge in [0.2, 0.25) is 0 Å². The molecular formula is C13H20N2. The van der Waals surface area contributed by atoms with Crippen molar-refractivity contribution >= 4 is 0 Å². The van der Waals surface area contributed by atoms with E-state index in [9.17, 15) is 0 Å². The highest BCUT2D eigenvalue weighted by Gasteiger charge is 2.15. The molecule has 0 spiro atoms. The van der Waals surface area contributed by atoms with Crippen LogP contribution in [0.15, 0.2) is 24.3 Å². The molecule has 2 heteroatoms. The number of nitrogens with two attached hydrogens (primary N) is 1. The molecule has 0 saturated carbocycles. The molecule has 3 N–H and O–H groups in total. The number of piperidine rings is 1. The van der Waals surface area contributed by atoms with Crippen LogP contribution in [0.5, 0.6) is 0 Å². The van der Waals surface area contributed by atoms with Gasteiger partial charge in [0.05, 0.1) is 0 Å². The van der Waals surface area contributed by atoms with Gasteiger partial charge in [-0.05, 0) is 43.4 Å². The Morgan fingerprint density at radius 1 is 1.47 bits per heavy atom. The first-order valence-electron chi connectivity index (χ1n) is 5.83. The summed E-state index contributed by atoms with van der Waals surface area (Å²) in [5.41, 5.74) is 8.59. The summed E-state index contributed by atoms with van der Waals surface area (Å²) in [5.74, 6) is 0.678. The predicted octanol–water partition coefficient (Wildman–Crippen LogP) is 2.17. The van der Waals surface area contributed by atoms with Crippen LogP contribution in [0, 0.1) is 0 Å². The molecule has 1 aliphatic heterocycles. The Morgan fingerprint density at radius 3 is 3.00 bits per heavy atom. The highest BCUT2D eigenvalue weighted by molar-refractivity contribution is 5.28. The van der Waals surface area contributed by atoms with Crippen LogP contribution < -0.4 is 11.1 Å². The van der Waals surface area contributed by atoms with E-state index in [0.29, 0.717) is 5.92 Å². The Kier molecular flexibility index (Phi) is 3.39. The van der Waals surface area contributed by atoms with Crippen molar-refractivity contribution in [3.63, 3.8) is 0 Å². The van der Waals surface area contributed by atoms with E-state index >= 15 is 0 Å². The third kappa shape index (κ3) is 2.58. The quantitative estimate of drug-likeness (QED) is 0.775. The fourth-order valence-corrected chi connectivity index (χ4v) is 2.23. The van der Waals surface area contributed by atoms with Gasteiger partial charge in [-0.2, -0.15) is 0 Å². The highest BCUT2D eigenvalue weighted by Crippen LogP contribution is 2.24. The summed E-state index contributed by atoms with van der Waals surface area (Å²) in [4.78, 5) is 0. The zero-order valence-electron chi connectivity index (χ0n) is 9.37. The van der Waals surface area contributed by atoms with Gasteiger partial charge in [-0.15, -0.1) is 0 Å². The van der Waals surface area contributed by atoms with Crippen molar-refractivity contribution in [3.05, 3.63) is 35.4 Å². The van der Waals surface area contributed by atoms with Crippen LogP contribution in [-0.4, -0.2) is 13.1 Å². The fraction of sp³-hybridized carbons (Fsp3) is 0.538. The third-order valence-electron chi connectivity index (χ3n) is 3.20. The molecule has 0 bridgehead atoms. The minimum Gasteiger partial charge on any atom is -0.324 e. The molecule has 0 radical (unpaired) electrons. The largest absolute Gasteiger partial charge is 0.324 e. The molecule has 0 aliphatic carbocycles. The topological polar surface area (TPSA) is 38.0 Å². The fourth-order valence-electron chi connectivity index (χ4n) is 2.23. The molecule has 2 unspecified atom stereocenters. The van der Waals surface area contributed by atoms with Crippen LogP contribution in [-0.2, 0) is 0 Å². The second-order valence-electron chi connectivity index (χ2n) is 4.50. The molecular weight excluding hydrogens is 184 g/mol. The lowest BCUT2D eigenvalue weighted by atomic mass is 9.90. The van der Waals surface area contributed by atoms with E-state index in [-0.39, 0.29) is 6.04 Å². The van der Waals surface area contributed by atoms with Gasteiger partial charge in [-0.25, -0.2) is 0 Å². The van der Waals surface area contributed by atoms with Crippen molar-refractivity contribution in [1.29, 1.82) is 0 Å². The molecule has 2 atom stereocenters. The molecule has 2 nitrogen and oxygen atoms in total. The van der Waals surface area contributed by atoms with E-state index in [1.54, 1.807) is 0 Å². The molecule has 1 aliphatic rings. The van der Waals surface area contributed by atoms with Crippen molar-refractivity contribution in [2.24, 2.45) is 5.73 Å².